The van der Waals surface area contributed by atoms with Crippen molar-refractivity contribution < 1.29 is 18.0 Å². The van der Waals surface area contributed by atoms with Gasteiger partial charge < -0.3 is 5.73 Å². The Kier molecular flexibility index (Phi) is 3.91. The Balaban J connectivity index is 1.93. The van der Waals surface area contributed by atoms with Gasteiger partial charge >= 0.3 is 6.18 Å². The first-order valence-electron chi connectivity index (χ1n) is 8.10. The molecule has 3 aromatic heterocycles. The molecule has 2 N–H and O–H groups in total. The monoisotopic (exact) mass is 386 g/mol. The first-order valence-corrected chi connectivity index (χ1v) is 8.10. The van der Waals surface area contributed by atoms with Gasteiger partial charge in [0.15, 0.2) is 11.5 Å². The highest BCUT2D eigenvalue weighted by Crippen LogP contribution is 2.32. The van der Waals surface area contributed by atoms with E-state index in [-0.39, 0.29) is 11.5 Å². The highest BCUT2D eigenvalue weighted by atomic mass is 19.4. The van der Waals surface area contributed by atoms with E-state index in [9.17, 15) is 18.0 Å². The summed E-state index contributed by atoms with van der Waals surface area (Å²) in [5.74, 6) is -0.861. The van der Waals surface area contributed by atoms with Gasteiger partial charge in [0.05, 0.1) is 5.52 Å². The highest BCUT2D eigenvalue weighted by molar-refractivity contribution is 6.05. The zero-order chi connectivity index (χ0) is 20.1. The number of carbonyl (C=O) groups excluding carboxylic acids is 1. The van der Waals surface area contributed by atoms with E-state index in [4.69, 9.17) is 5.73 Å². The van der Waals surface area contributed by atoms with Gasteiger partial charge in [-0.1, -0.05) is 12.1 Å². The van der Waals surface area contributed by atoms with Crippen LogP contribution < -0.4 is 5.73 Å². The van der Waals surface area contributed by atoms with E-state index in [0.717, 1.165) is 21.9 Å². The minimum absolute atomic E-state index is 0.0556. The van der Waals surface area contributed by atoms with Crippen molar-refractivity contribution in [3.63, 3.8) is 0 Å². The third-order valence-electron chi connectivity index (χ3n) is 4.28. The molecule has 0 spiro atoms. The van der Waals surface area contributed by atoms with Crippen molar-refractivity contribution >= 4 is 16.8 Å². The number of rotatable bonds is 3. The van der Waals surface area contributed by atoms with E-state index in [1.807, 2.05) is 6.07 Å². The SMILES string of the molecule is Cn1nc(-n2nc(C(N)=O)c3cc(-c4cccnc4)ccc32)cc1C(F)(F)F. The van der Waals surface area contributed by atoms with Crippen LogP contribution in [0.3, 0.4) is 0 Å². The van der Waals surface area contributed by atoms with Crippen LogP contribution in [0.5, 0.6) is 0 Å². The van der Waals surface area contributed by atoms with Gasteiger partial charge in [-0.15, -0.1) is 0 Å². The summed E-state index contributed by atoms with van der Waals surface area (Å²) in [6, 6.07) is 9.59. The van der Waals surface area contributed by atoms with Gasteiger partial charge in [0.1, 0.15) is 5.69 Å². The van der Waals surface area contributed by atoms with Crippen LogP contribution in [0.25, 0.3) is 27.8 Å². The van der Waals surface area contributed by atoms with Crippen LogP contribution in [0, 0.1) is 0 Å². The zero-order valence-corrected chi connectivity index (χ0v) is 14.5. The molecule has 7 nitrogen and oxygen atoms in total. The molecule has 0 saturated carbocycles. The van der Waals surface area contributed by atoms with E-state index in [0.29, 0.717) is 10.9 Å². The Labute approximate surface area is 156 Å². The van der Waals surface area contributed by atoms with Crippen molar-refractivity contribution in [1.29, 1.82) is 0 Å². The number of hydrogen-bond donors (Lipinski definition) is 1. The molecule has 0 aliphatic carbocycles. The van der Waals surface area contributed by atoms with E-state index in [1.54, 1.807) is 36.7 Å². The van der Waals surface area contributed by atoms with E-state index >= 15 is 0 Å². The number of nitrogens with zero attached hydrogens (tertiary/aromatic N) is 5. The van der Waals surface area contributed by atoms with Gasteiger partial charge in [-0.2, -0.15) is 23.4 Å². The summed E-state index contributed by atoms with van der Waals surface area (Å²) in [6.07, 6.45) is -1.28. The third-order valence-corrected chi connectivity index (χ3v) is 4.28. The fourth-order valence-electron chi connectivity index (χ4n) is 3.01. The number of benzene rings is 1. The summed E-state index contributed by atoms with van der Waals surface area (Å²) in [5, 5.41) is 8.41. The number of hydrogen-bond acceptors (Lipinski definition) is 4. The van der Waals surface area contributed by atoms with Crippen molar-refractivity contribution in [2.75, 3.05) is 0 Å². The van der Waals surface area contributed by atoms with Gasteiger partial charge in [0.25, 0.3) is 5.91 Å². The second-order valence-corrected chi connectivity index (χ2v) is 6.11. The molecule has 0 aliphatic rings. The molecule has 4 rings (SSSR count). The topological polar surface area (TPSA) is 91.6 Å². The minimum atomic E-state index is -4.57. The molecule has 142 valence electrons. The molecule has 4 aromatic rings. The number of alkyl halides is 3. The molecular formula is C18H13F3N6O. The molecule has 0 bridgehead atoms. The predicted molar refractivity (Wildman–Crippen MR) is 94.6 cm³/mol. The molecule has 28 heavy (non-hydrogen) atoms. The number of fused-ring (bicyclic) bond motifs is 1. The van der Waals surface area contributed by atoms with Crippen LogP contribution in [-0.2, 0) is 13.2 Å². The fourth-order valence-corrected chi connectivity index (χ4v) is 3.01. The Morgan fingerprint density at radius 1 is 1.11 bits per heavy atom. The molecule has 10 heteroatoms. The second-order valence-electron chi connectivity index (χ2n) is 6.11. The number of primary amides is 1. The van der Waals surface area contributed by atoms with Crippen molar-refractivity contribution in [3.8, 4) is 16.9 Å². The Bertz CT molecular complexity index is 1190. The summed E-state index contributed by atoms with van der Waals surface area (Å²) in [6.45, 7) is 0. The summed E-state index contributed by atoms with van der Waals surface area (Å²) >= 11 is 0. The maximum absolute atomic E-state index is 13.1. The number of carbonyl (C=O) groups is 1. The standard InChI is InChI=1S/C18H13F3N6O/c1-26-14(18(19,20)21)8-15(24-26)27-13-5-4-10(11-3-2-6-23-9-11)7-12(13)16(25-27)17(22)28/h2-9H,1H3,(H2,22,28). The van der Waals surface area contributed by atoms with Gasteiger partial charge in [0, 0.05) is 36.5 Å². The van der Waals surface area contributed by atoms with Gasteiger partial charge in [-0.3, -0.25) is 14.5 Å². The maximum Gasteiger partial charge on any atom is 0.433 e. The molecule has 3 heterocycles. The zero-order valence-electron chi connectivity index (χ0n) is 14.5. The van der Waals surface area contributed by atoms with Gasteiger partial charge in [-0.25, -0.2) is 4.68 Å². The molecule has 0 atom stereocenters. The third kappa shape index (κ3) is 2.88. The Morgan fingerprint density at radius 3 is 2.50 bits per heavy atom. The van der Waals surface area contributed by atoms with E-state index in [2.05, 4.69) is 15.2 Å². The van der Waals surface area contributed by atoms with Crippen molar-refractivity contribution in [1.82, 2.24) is 24.5 Å². The average Bonchev–Trinajstić information content (AvgIpc) is 3.22. The van der Waals surface area contributed by atoms with Crippen LogP contribution >= 0.6 is 0 Å². The lowest BCUT2D eigenvalue weighted by molar-refractivity contribution is -0.143. The minimum Gasteiger partial charge on any atom is -0.364 e. The normalized spacial score (nSPS) is 11.9. The van der Waals surface area contributed by atoms with Crippen LogP contribution in [-0.4, -0.2) is 30.5 Å². The number of halogens is 3. The maximum atomic E-state index is 13.1. The molecule has 0 fully saturated rings. The van der Waals surface area contributed by atoms with E-state index < -0.39 is 17.8 Å². The quantitative estimate of drug-likeness (QED) is 0.586. The second kappa shape index (κ2) is 6.19. The van der Waals surface area contributed by atoms with Gasteiger partial charge in [0.2, 0.25) is 0 Å². The number of pyridine rings is 1. The Morgan fingerprint density at radius 2 is 1.89 bits per heavy atom. The van der Waals surface area contributed by atoms with Crippen molar-refractivity contribution in [3.05, 3.63) is 60.2 Å². The van der Waals surface area contributed by atoms with Crippen LogP contribution in [0.15, 0.2) is 48.8 Å². The molecule has 1 amide bonds. The number of aryl methyl sites for hydroxylation is 1. The lowest BCUT2D eigenvalue weighted by Crippen LogP contribution is -2.12. The fraction of sp³-hybridized carbons (Fsp3) is 0.111. The lowest BCUT2D eigenvalue weighted by atomic mass is 10.0. The lowest BCUT2D eigenvalue weighted by Gasteiger charge is -2.04. The van der Waals surface area contributed by atoms with E-state index in [1.165, 1.54) is 11.7 Å². The smallest absolute Gasteiger partial charge is 0.364 e. The highest BCUT2D eigenvalue weighted by Gasteiger charge is 2.35. The largest absolute Gasteiger partial charge is 0.433 e. The number of amides is 1. The predicted octanol–water partition coefficient (Wildman–Crippen LogP) is 2.94. The summed E-state index contributed by atoms with van der Waals surface area (Å²) in [7, 11) is 1.19. The van der Waals surface area contributed by atoms with Crippen LogP contribution in [0.2, 0.25) is 0 Å². The van der Waals surface area contributed by atoms with Crippen LogP contribution in [0.1, 0.15) is 16.2 Å². The first kappa shape index (κ1) is 17.7. The molecule has 0 radical (unpaired) electrons. The van der Waals surface area contributed by atoms with Crippen molar-refractivity contribution in [2.24, 2.45) is 12.8 Å². The molecule has 0 saturated heterocycles. The molecule has 0 aliphatic heterocycles. The summed E-state index contributed by atoms with van der Waals surface area (Å²) in [5.41, 5.74) is 6.43. The molecular weight excluding hydrogens is 373 g/mol. The number of nitrogens with two attached hydrogens (primary N) is 1. The Hall–Kier alpha value is -3.69. The van der Waals surface area contributed by atoms with Crippen LogP contribution in [0.4, 0.5) is 13.2 Å². The first-order chi connectivity index (χ1) is 13.3. The average molecular weight is 386 g/mol. The number of aromatic nitrogens is 5. The molecule has 1 aromatic carbocycles. The van der Waals surface area contributed by atoms with Crippen molar-refractivity contribution in [2.45, 2.75) is 6.18 Å². The summed E-state index contributed by atoms with van der Waals surface area (Å²) in [4.78, 5) is 15.9. The molecule has 0 unspecified atom stereocenters. The summed E-state index contributed by atoms with van der Waals surface area (Å²) < 4.78 is 41.2. The van der Waals surface area contributed by atoms with Gasteiger partial charge in [-0.05, 0) is 23.8 Å².